The molecule has 0 aliphatic carbocycles. The van der Waals surface area contributed by atoms with Crippen molar-refractivity contribution in [3.8, 4) is 12.3 Å². The van der Waals surface area contributed by atoms with Gasteiger partial charge >= 0.3 is 0 Å². The zero-order chi connectivity index (χ0) is 12.6. The van der Waals surface area contributed by atoms with Gasteiger partial charge in [-0.1, -0.05) is 57.8 Å². The number of rotatable bonds is 12. The molecular weight excluding hydrogens is 196 g/mol. The van der Waals surface area contributed by atoms with E-state index in [0.717, 1.165) is 19.3 Å². The molecule has 0 heterocycles. The highest BCUT2D eigenvalue weighted by atomic mass is 16.2. The van der Waals surface area contributed by atoms with Gasteiger partial charge in [0.25, 0.3) is 0 Å². The second-order valence-corrected chi connectivity index (χ2v) is 4.54. The summed E-state index contributed by atoms with van der Waals surface area (Å²) < 4.78 is 6.68. The van der Waals surface area contributed by atoms with Crippen LogP contribution in [-0.4, -0.2) is 11.7 Å². The first-order chi connectivity index (χ1) is 8.41. The average molecular weight is 225 g/mol. The highest BCUT2D eigenvalue weighted by Crippen LogP contribution is 2.11. The summed E-state index contributed by atoms with van der Waals surface area (Å²) in [6.07, 6.45) is 17.1. The molecule has 0 saturated carbocycles. The number of terminal acetylenes is 1. The van der Waals surface area contributed by atoms with E-state index in [4.69, 9.17) is 6.48 Å². The summed E-state index contributed by atoms with van der Waals surface area (Å²) in [5, 5.41) is 8.62. The summed E-state index contributed by atoms with van der Waals surface area (Å²) in [6.45, 7) is 0.352. The van der Waals surface area contributed by atoms with Gasteiger partial charge in [-0.05, 0) is 12.8 Å². The molecule has 0 aromatic carbocycles. The van der Waals surface area contributed by atoms with E-state index >= 15 is 0 Å². The monoisotopic (exact) mass is 225 g/mol. The van der Waals surface area contributed by atoms with Crippen molar-refractivity contribution in [3.05, 3.63) is 0 Å². The number of aliphatic hydroxyl groups is 1. The third-order valence-electron chi connectivity index (χ3n) is 2.96. The Bertz CT molecular complexity index is 193. The van der Waals surface area contributed by atoms with E-state index in [1.807, 2.05) is 0 Å². The van der Waals surface area contributed by atoms with Crippen molar-refractivity contribution in [2.24, 2.45) is 0 Å². The average Bonchev–Trinajstić information content (AvgIpc) is 2.35. The normalized spacial score (nSPS) is 10.7. The van der Waals surface area contributed by atoms with E-state index in [9.17, 15) is 0 Å². The van der Waals surface area contributed by atoms with Crippen molar-refractivity contribution in [1.82, 2.24) is 0 Å². The Kier molecular flexibility index (Phi) is 12.3. The highest BCUT2D eigenvalue weighted by Gasteiger charge is 1.92. The SMILES string of the molecule is [2H]C#CCCCCCCCCCCCCCO. The lowest BCUT2D eigenvalue weighted by molar-refractivity contribution is 0.282. The molecule has 1 N–H and O–H groups in total. The predicted octanol–water partition coefficient (Wildman–Crippen LogP) is 4.29. The zero-order valence-electron chi connectivity index (χ0n) is 11.6. The van der Waals surface area contributed by atoms with Crippen LogP contribution in [0.5, 0.6) is 0 Å². The maximum absolute atomic E-state index is 8.62. The van der Waals surface area contributed by atoms with Crippen LogP contribution in [-0.2, 0) is 0 Å². The van der Waals surface area contributed by atoms with Gasteiger partial charge in [-0.2, -0.15) is 0 Å². The van der Waals surface area contributed by atoms with Gasteiger partial charge in [0.05, 0.1) is 0 Å². The summed E-state index contributed by atoms with van der Waals surface area (Å²) in [5.74, 6) is 2.78. The van der Waals surface area contributed by atoms with Gasteiger partial charge in [0.2, 0.25) is 0 Å². The number of hydrogen-bond acceptors (Lipinski definition) is 1. The van der Waals surface area contributed by atoms with Crippen LogP contribution in [0.25, 0.3) is 0 Å². The molecule has 0 rings (SSSR count). The fraction of sp³-hybridized carbons (Fsp3) is 0.867. The van der Waals surface area contributed by atoms with Gasteiger partial charge in [-0.15, -0.1) is 12.3 Å². The molecule has 0 radical (unpaired) electrons. The third kappa shape index (κ3) is 13.5. The fourth-order valence-corrected chi connectivity index (χ4v) is 1.92. The Morgan fingerprint density at radius 2 is 1.19 bits per heavy atom. The van der Waals surface area contributed by atoms with Gasteiger partial charge in [-0.3, -0.25) is 0 Å². The smallest absolute Gasteiger partial charge is 0.124 e. The third-order valence-corrected chi connectivity index (χ3v) is 2.96. The van der Waals surface area contributed by atoms with E-state index in [0.29, 0.717) is 6.61 Å². The quantitative estimate of drug-likeness (QED) is 0.388. The molecule has 0 bridgehead atoms. The van der Waals surface area contributed by atoms with Crippen LogP contribution >= 0.6 is 0 Å². The fourth-order valence-electron chi connectivity index (χ4n) is 1.92. The molecule has 94 valence electrons. The topological polar surface area (TPSA) is 20.2 Å². The van der Waals surface area contributed by atoms with E-state index < -0.39 is 0 Å². The maximum Gasteiger partial charge on any atom is 0.124 e. The maximum atomic E-state index is 8.62. The molecular formula is C15H28O. The molecule has 1 nitrogen and oxygen atoms in total. The van der Waals surface area contributed by atoms with Crippen LogP contribution in [0.15, 0.2) is 0 Å². The van der Waals surface area contributed by atoms with Gasteiger partial charge in [0.1, 0.15) is 1.37 Å². The molecule has 0 fully saturated rings. The van der Waals surface area contributed by atoms with Crippen molar-refractivity contribution in [3.63, 3.8) is 0 Å². The molecule has 0 atom stereocenters. The summed E-state index contributed by atoms with van der Waals surface area (Å²) in [5.41, 5.74) is 0. The van der Waals surface area contributed by atoms with Crippen molar-refractivity contribution < 1.29 is 6.48 Å². The standard InChI is InChI=1S/C15H28O/c1-2-3-4-5-6-7-8-9-10-11-12-13-14-15-16/h1,16H,3-15H2/i1D. The second kappa shape index (κ2) is 14.5. The zero-order valence-corrected chi connectivity index (χ0v) is 10.6. The van der Waals surface area contributed by atoms with Gasteiger partial charge in [-0.25, -0.2) is 0 Å². The second-order valence-electron chi connectivity index (χ2n) is 4.54. The van der Waals surface area contributed by atoms with Crippen molar-refractivity contribution in [1.29, 1.82) is 0 Å². The van der Waals surface area contributed by atoms with Crippen LogP contribution in [0.1, 0.15) is 78.4 Å². The van der Waals surface area contributed by atoms with E-state index in [1.54, 1.807) is 0 Å². The number of hydrogen-bond donors (Lipinski definition) is 1. The molecule has 0 amide bonds. The van der Waals surface area contributed by atoms with E-state index in [2.05, 4.69) is 12.3 Å². The predicted molar refractivity (Wildman–Crippen MR) is 71.3 cm³/mol. The van der Waals surface area contributed by atoms with Crippen molar-refractivity contribution in [2.75, 3.05) is 6.61 Å². The van der Waals surface area contributed by atoms with Crippen molar-refractivity contribution >= 4 is 0 Å². The first-order valence-electron chi connectivity index (χ1n) is 7.42. The molecule has 0 aromatic heterocycles. The molecule has 0 aliphatic heterocycles. The molecule has 0 saturated heterocycles. The largest absolute Gasteiger partial charge is 0.396 e. The number of aliphatic hydroxyl groups excluding tert-OH is 1. The minimum atomic E-state index is 0.352. The first kappa shape index (κ1) is 13.6. The Labute approximate surface area is 103 Å². The Balaban J connectivity index is 2.91. The lowest BCUT2D eigenvalue weighted by Gasteiger charge is -2.01. The van der Waals surface area contributed by atoms with Gasteiger partial charge in [0, 0.05) is 13.0 Å². The van der Waals surface area contributed by atoms with Gasteiger partial charge < -0.3 is 5.11 Å². The lowest BCUT2D eigenvalue weighted by Crippen LogP contribution is -1.84. The minimum absolute atomic E-state index is 0.352. The Morgan fingerprint density at radius 3 is 1.62 bits per heavy atom. The molecule has 0 unspecified atom stereocenters. The summed E-state index contributed by atoms with van der Waals surface area (Å²) in [6, 6.07) is 0. The van der Waals surface area contributed by atoms with E-state index in [1.165, 1.54) is 57.8 Å². The van der Waals surface area contributed by atoms with Crippen LogP contribution in [0.2, 0.25) is 0 Å². The Morgan fingerprint density at radius 1 is 0.750 bits per heavy atom. The number of unbranched alkanes of at least 4 members (excludes halogenated alkanes) is 11. The van der Waals surface area contributed by atoms with Crippen LogP contribution in [0.3, 0.4) is 0 Å². The minimum Gasteiger partial charge on any atom is -0.396 e. The highest BCUT2D eigenvalue weighted by molar-refractivity contribution is 4.82. The summed E-state index contributed by atoms with van der Waals surface area (Å²) in [7, 11) is 0. The van der Waals surface area contributed by atoms with E-state index in [-0.39, 0.29) is 0 Å². The van der Waals surface area contributed by atoms with Crippen molar-refractivity contribution in [2.45, 2.75) is 77.0 Å². The molecule has 1 heteroatoms. The first-order valence-corrected chi connectivity index (χ1v) is 6.92. The molecule has 0 spiro atoms. The molecule has 0 aliphatic rings. The molecule has 0 aromatic rings. The molecule has 16 heavy (non-hydrogen) atoms. The summed E-state index contributed by atoms with van der Waals surface area (Å²) in [4.78, 5) is 0. The van der Waals surface area contributed by atoms with Crippen LogP contribution in [0.4, 0.5) is 0 Å². The van der Waals surface area contributed by atoms with Crippen LogP contribution in [0, 0.1) is 12.3 Å². The summed E-state index contributed by atoms with van der Waals surface area (Å²) >= 11 is 0. The van der Waals surface area contributed by atoms with Gasteiger partial charge in [0.15, 0.2) is 0 Å². The lowest BCUT2D eigenvalue weighted by atomic mass is 10.1. The van der Waals surface area contributed by atoms with Crippen LogP contribution < -0.4 is 0 Å². The Hall–Kier alpha value is -0.480.